The Kier molecular flexibility index (Phi) is 11.0. The maximum Gasteiger partial charge on any atom is 0.511 e. The van der Waals surface area contributed by atoms with Crippen molar-refractivity contribution in [1.82, 2.24) is 20.1 Å². The Hall–Kier alpha value is -3.77. The Morgan fingerprint density at radius 3 is 2.58 bits per heavy atom. The molecule has 3 heterocycles. The van der Waals surface area contributed by atoms with Gasteiger partial charge in [-0.1, -0.05) is 5.16 Å². The van der Waals surface area contributed by atoms with E-state index < -0.39 is 59.6 Å². The fourth-order valence-corrected chi connectivity index (χ4v) is 5.25. The lowest BCUT2D eigenvalue weighted by Crippen LogP contribution is -2.82. The highest BCUT2D eigenvalue weighted by Gasteiger charge is 2.69. The predicted molar refractivity (Wildman–Crippen MR) is 143 cm³/mol. The van der Waals surface area contributed by atoms with Crippen LogP contribution in [0.1, 0.15) is 19.5 Å². The molecule has 4 N–H and O–H groups in total. The molecule has 220 valence electrons. The first-order valence-corrected chi connectivity index (χ1v) is 13.1. The number of fused-ring (bicyclic) bond motifs is 1. The van der Waals surface area contributed by atoms with Crippen molar-refractivity contribution in [1.29, 1.82) is 0 Å². The Morgan fingerprint density at radius 2 is 2.00 bits per heavy atom. The molecule has 0 spiro atoms. The van der Waals surface area contributed by atoms with E-state index in [9.17, 15) is 29.2 Å². The SMILES string of the molecule is CC(C)OC(=O)OCOC(=O)[C@@]1(NC(=O)/C(=N\O)c2csc(N)n2)C(=O)N2C=C(COC(=O)N(C)C)CS[C@H]21.Cl. The van der Waals surface area contributed by atoms with Crippen molar-refractivity contribution >= 4 is 76.4 Å². The summed E-state index contributed by atoms with van der Waals surface area (Å²) in [5, 5.41) is 15.1. The van der Waals surface area contributed by atoms with Gasteiger partial charge in [-0.15, -0.1) is 35.5 Å². The Balaban J connectivity index is 0.00000560. The lowest BCUT2D eigenvalue weighted by Gasteiger charge is -2.53. The number of nitrogen functional groups attached to an aromatic ring is 1. The third-order valence-electron chi connectivity index (χ3n) is 5.10. The van der Waals surface area contributed by atoms with Crippen LogP contribution in [-0.2, 0) is 33.3 Å². The molecule has 1 fully saturated rings. The summed E-state index contributed by atoms with van der Waals surface area (Å²) < 4.78 is 19.6. The van der Waals surface area contributed by atoms with Crippen molar-refractivity contribution in [3.63, 3.8) is 0 Å². The summed E-state index contributed by atoms with van der Waals surface area (Å²) in [5.74, 6) is -3.03. The number of oxime groups is 1. The number of nitrogens with two attached hydrogens (primary N) is 1. The number of anilines is 1. The van der Waals surface area contributed by atoms with Gasteiger partial charge < -0.3 is 45.0 Å². The first-order chi connectivity index (χ1) is 18.4. The van der Waals surface area contributed by atoms with Gasteiger partial charge in [0.15, 0.2) is 10.8 Å². The molecule has 0 aliphatic carbocycles. The molecule has 3 rings (SSSR count). The quantitative estimate of drug-likeness (QED) is 0.0507. The van der Waals surface area contributed by atoms with E-state index in [1.807, 2.05) is 0 Å². The lowest BCUT2D eigenvalue weighted by molar-refractivity contribution is -0.178. The number of aromatic nitrogens is 1. The van der Waals surface area contributed by atoms with Crippen LogP contribution in [0.3, 0.4) is 0 Å². The largest absolute Gasteiger partial charge is 0.511 e. The molecule has 0 unspecified atom stereocenters. The molecule has 2 aliphatic rings. The molecule has 19 heteroatoms. The number of esters is 1. The monoisotopic (exact) mass is 622 g/mol. The predicted octanol–water partition coefficient (Wildman–Crippen LogP) is 0.740. The van der Waals surface area contributed by atoms with Gasteiger partial charge in [-0.3, -0.25) is 9.59 Å². The molecule has 1 aromatic heterocycles. The van der Waals surface area contributed by atoms with Crippen molar-refractivity contribution in [2.24, 2.45) is 5.16 Å². The van der Waals surface area contributed by atoms with Crippen LogP contribution in [0.15, 0.2) is 22.3 Å². The van der Waals surface area contributed by atoms with Crippen LogP contribution in [-0.4, -0.2) is 106 Å². The van der Waals surface area contributed by atoms with E-state index in [0.29, 0.717) is 5.57 Å². The van der Waals surface area contributed by atoms with Crippen molar-refractivity contribution in [3.8, 4) is 0 Å². The van der Waals surface area contributed by atoms with Crippen molar-refractivity contribution in [2.75, 3.05) is 39.0 Å². The number of β-lactam (4-membered cyclic amide) rings is 1. The molecule has 0 radical (unpaired) electrons. The van der Waals surface area contributed by atoms with Crippen LogP contribution >= 0.6 is 35.5 Å². The molecule has 16 nitrogen and oxygen atoms in total. The highest BCUT2D eigenvalue weighted by molar-refractivity contribution is 8.00. The van der Waals surface area contributed by atoms with Crippen molar-refractivity contribution < 1.29 is 48.1 Å². The van der Waals surface area contributed by atoms with Gasteiger partial charge in [-0.25, -0.2) is 19.4 Å². The molecule has 0 saturated carbocycles. The van der Waals surface area contributed by atoms with E-state index in [1.165, 1.54) is 35.5 Å². The van der Waals surface area contributed by atoms with E-state index in [0.717, 1.165) is 23.1 Å². The topological polar surface area (TPSA) is 212 Å². The zero-order chi connectivity index (χ0) is 28.9. The minimum atomic E-state index is -2.28. The molecule has 1 aromatic rings. The molecule has 2 aliphatic heterocycles. The molecular formula is C21H27ClN6O10S2. The number of amides is 3. The minimum absolute atomic E-state index is 0. The molecular weight excluding hydrogens is 596 g/mol. The van der Waals surface area contributed by atoms with Gasteiger partial charge >= 0.3 is 18.2 Å². The van der Waals surface area contributed by atoms with Gasteiger partial charge in [-0.05, 0) is 19.4 Å². The van der Waals surface area contributed by atoms with Crippen LogP contribution in [0.5, 0.6) is 0 Å². The first kappa shape index (κ1) is 32.4. The number of hydrogen-bond acceptors (Lipinski definition) is 15. The fraction of sp³-hybridized carbons (Fsp3) is 0.476. The summed E-state index contributed by atoms with van der Waals surface area (Å²) in [5.41, 5.74) is 3.16. The van der Waals surface area contributed by atoms with Gasteiger partial charge in [0.05, 0.1) is 6.10 Å². The van der Waals surface area contributed by atoms with E-state index in [4.69, 9.17) is 24.7 Å². The molecule has 0 bridgehead atoms. The van der Waals surface area contributed by atoms with Gasteiger partial charge in [0, 0.05) is 31.4 Å². The second-order valence-electron chi connectivity index (χ2n) is 8.50. The van der Waals surface area contributed by atoms with Crippen molar-refractivity contribution in [3.05, 3.63) is 22.8 Å². The lowest BCUT2D eigenvalue weighted by atomic mass is 9.87. The van der Waals surface area contributed by atoms with Gasteiger partial charge in [-0.2, -0.15) is 0 Å². The average Bonchev–Trinajstić information content (AvgIpc) is 3.30. The Labute approximate surface area is 242 Å². The Bertz CT molecular complexity index is 1220. The highest BCUT2D eigenvalue weighted by Crippen LogP contribution is 2.44. The minimum Gasteiger partial charge on any atom is -0.445 e. The molecule has 0 aromatic carbocycles. The number of halogens is 1. The number of carbonyl (C=O) groups is 5. The van der Waals surface area contributed by atoms with Crippen LogP contribution in [0.25, 0.3) is 0 Å². The first-order valence-electron chi connectivity index (χ1n) is 11.1. The standard InChI is InChI=1S/C21H26N6O10S2.ClH/c1-10(2)37-20(32)36-9-35-17(30)21(24-14(28)13(25-33)12-8-39-18(22)23-12)15(29)27-5-11(7-38-16(21)27)6-34-19(31)26(3)4;/h5,8,10,16,33H,6-7,9H2,1-4H3,(H2,22,23)(H,24,28);1H/b25-13-;/t16-,21+;/m0./s1. The summed E-state index contributed by atoms with van der Waals surface area (Å²) in [6, 6.07) is 0. The molecule has 40 heavy (non-hydrogen) atoms. The highest BCUT2D eigenvalue weighted by atomic mass is 35.5. The third kappa shape index (κ3) is 6.86. The number of ether oxygens (including phenoxy) is 4. The van der Waals surface area contributed by atoms with Gasteiger partial charge in [0.1, 0.15) is 17.7 Å². The second-order valence-corrected chi connectivity index (χ2v) is 10.5. The van der Waals surface area contributed by atoms with Gasteiger partial charge in [0.25, 0.3) is 11.8 Å². The van der Waals surface area contributed by atoms with Crippen molar-refractivity contribution in [2.45, 2.75) is 30.9 Å². The Morgan fingerprint density at radius 1 is 1.30 bits per heavy atom. The normalized spacial score (nSPS) is 19.8. The van der Waals surface area contributed by atoms with Crippen LogP contribution in [0, 0.1) is 0 Å². The number of rotatable bonds is 9. The summed E-state index contributed by atoms with van der Waals surface area (Å²) in [6.45, 7) is 2.15. The zero-order valence-electron chi connectivity index (χ0n) is 21.6. The van der Waals surface area contributed by atoms with E-state index in [1.54, 1.807) is 13.8 Å². The summed E-state index contributed by atoms with van der Waals surface area (Å²) in [7, 11) is 3.03. The number of carbonyl (C=O) groups excluding carboxylic acids is 5. The molecule has 1 saturated heterocycles. The number of thiazole rings is 1. The summed E-state index contributed by atoms with van der Waals surface area (Å²) >= 11 is 2.05. The number of nitrogens with zero attached hydrogens (tertiary/aromatic N) is 4. The summed E-state index contributed by atoms with van der Waals surface area (Å²) in [6.07, 6.45) is -0.783. The fourth-order valence-electron chi connectivity index (χ4n) is 3.35. The smallest absolute Gasteiger partial charge is 0.445 e. The van der Waals surface area contributed by atoms with Crippen LogP contribution < -0.4 is 11.1 Å². The number of thioether (sulfide) groups is 1. The van der Waals surface area contributed by atoms with Crippen LogP contribution in [0.4, 0.5) is 14.7 Å². The third-order valence-corrected chi connectivity index (χ3v) is 7.21. The maximum absolute atomic E-state index is 13.3. The number of hydrogen-bond donors (Lipinski definition) is 3. The number of nitrogens with one attached hydrogen (secondary N) is 1. The van der Waals surface area contributed by atoms with E-state index >= 15 is 0 Å². The molecule has 2 atom stereocenters. The van der Waals surface area contributed by atoms with Crippen LogP contribution in [0.2, 0.25) is 0 Å². The molecule has 3 amide bonds. The second kappa shape index (κ2) is 13.5. The van der Waals surface area contributed by atoms with E-state index in [-0.39, 0.29) is 35.6 Å². The zero-order valence-corrected chi connectivity index (χ0v) is 24.1. The maximum atomic E-state index is 13.3. The average molecular weight is 623 g/mol. The van der Waals surface area contributed by atoms with E-state index in [2.05, 4.69) is 15.5 Å². The van der Waals surface area contributed by atoms with Gasteiger partial charge in [0.2, 0.25) is 12.3 Å². The summed E-state index contributed by atoms with van der Waals surface area (Å²) in [4.78, 5) is 69.3.